The monoisotopic (exact) mass is 545 g/mol. The molecular formula is C24H24IN3O2S. The van der Waals surface area contributed by atoms with E-state index in [4.69, 9.17) is 4.74 Å². The maximum absolute atomic E-state index is 12.6. The molecule has 2 aromatic carbocycles. The number of carbonyl (C=O) groups is 1. The molecule has 1 amide bonds. The second kappa shape index (κ2) is 9.00. The van der Waals surface area contributed by atoms with Crippen molar-refractivity contribution in [1.29, 1.82) is 0 Å². The van der Waals surface area contributed by atoms with Crippen LogP contribution in [0.15, 0.2) is 53.4 Å². The van der Waals surface area contributed by atoms with Crippen LogP contribution in [-0.2, 0) is 4.79 Å². The van der Waals surface area contributed by atoms with Crippen molar-refractivity contribution in [3.05, 3.63) is 79.5 Å². The van der Waals surface area contributed by atoms with Crippen molar-refractivity contribution in [1.82, 2.24) is 9.88 Å². The van der Waals surface area contributed by atoms with Crippen molar-refractivity contribution in [2.75, 3.05) is 12.4 Å². The quantitative estimate of drug-likeness (QED) is 0.323. The molecule has 0 radical (unpaired) electrons. The summed E-state index contributed by atoms with van der Waals surface area (Å²) in [5.41, 5.74) is 6.13. The zero-order chi connectivity index (χ0) is 22.1. The van der Waals surface area contributed by atoms with E-state index < -0.39 is 0 Å². The number of hydrogen-bond donors (Lipinski definition) is 2. The Morgan fingerprint density at radius 2 is 1.87 bits per heavy atom. The number of rotatable bonds is 5. The van der Waals surface area contributed by atoms with Gasteiger partial charge < -0.3 is 19.9 Å². The van der Waals surface area contributed by atoms with E-state index in [9.17, 15) is 4.79 Å². The van der Waals surface area contributed by atoms with Gasteiger partial charge in [0, 0.05) is 20.6 Å². The van der Waals surface area contributed by atoms with Gasteiger partial charge in [-0.3, -0.25) is 4.79 Å². The van der Waals surface area contributed by atoms with Crippen molar-refractivity contribution in [3.63, 3.8) is 0 Å². The number of aromatic nitrogens is 1. The van der Waals surface area contributed by atoms with Crippen LogP contribution in [0.5, 0.6) is 5.75 Å². The van der Waals surface area contributed by atoms with Crippen LogP contribution in [0, 0.1) is 24.3 Å². The van der Waals surface area contributed by atoms with E-state index in [1.54, 1.807) is 7.11 Å². The van der Waals surface area contributed by atoms with Crippen LogP contribution in [0.1, 0.15) is 22.5 Å². The van der Waals surface area contributed by atoms with E-state index in [1.165, 1.54) is 15.3 Å². The highest BCUT2D eigenvalue weighted by atomic mass is 127. The number of thioether (sulfide) groups is 1. The minimum atomic E-state index is -0.255. The van der Waals surface area contributed by atoms with Crippen LogP contribution < -0.4 is 15.4 Å². The van der Waals surface area contributed by atoms with Crippen LogP contribution in [-0.4, -0.2) is 23.1 Å². The van der Waals surface area contributed by atoms with E-state index >= 15 is 0 Å². The SMILES string of the molecule is COc1ccc(C)cc1NC1NC(=O)/C(=C/c2cc(C)n(-c3ccc(I)cc3)c2C)S1. The first kappa shape index (κ1) is 21.8. The first-order valence-corrected chi connectivity index (χ1v) is 11.9. The molecule has 1 unspecified atom stereocenters. The zero-order valence-corrected chi connectivity index (χ0v) is 20.8. The maximum Gasteiger partial charge on any atom is 0.260 e. The van der Waals surface area contributed by atoms with Crippen LogP contribution in [0.4, 0.5) is 5.69 Å². The van der Waals surface area contributed by atoms with Gasteiger partial charge in [0.15, 0.2) is 5.50 Å². The molecule has 5 nitrogen and oxygen atoms in total. The number of benzene rings is 2. The van der Waals surface area contributed by atoms with Crippen LogP contribution >= 0.6 is 34.4 Å². The first-order valence-electron chi connectivity index (χ1n) is 9.91. The molecule has 7 heteroatoms. The Hall–Kier alpha value is -2.39. The molecule has 2 N–H and O–H groups in total. The van der Waals surface area contributed by atoms with E-state index in [0.717, 1.165) is 39.6 Å². The summed E-state index contributed by atoms with van der Waals surface area (Å²) in [7, 11) is 1.64. The predicted molar refractivity (Wildman–Crippen MR) is 137 cm³/mol. The molecule has 1 aliphatic rings. The molecule has 160 valence electrons. The molecule has 4 rings (SSSR count). The average Bonchev–Trinajstić information content (AvgIpc) is 3.21. The van der Waals surface area contributed by atoms with Crippen molar-refractivity contribution < 1.29 is 9.53 Å². The van der Waals surface area contributed by atoms with Crippen molar-refractivity contribution >= 4 is 52.0 Å². The number of anilines is 1. The fourth-order valence-corrected chi connectivity index (χ4v) is 5.03. The smallest absolute Gasteiger partial charge is 0.260 e. The van der Waals surface area contributed by atoms with E-state index in [1.807, 2.05) is 31.2 Å². The third-order valence-electron chi connectivity index (χ3n) is 5.21. The summed E-state index contributed by atoms with van der Waals surface area (Å²) in [6.45, 7) is 6.20. The summed E-state index contributed by atoms with van der Waals surface area (Å²) >= 11 is 3.79. The van der Waals surface area contributed by atoms with Gasteiger partial charge in [-0.1, -0.05) is 17.8 Å². The Morgan fingerprint density at radius 1 is 1.13 bits per heavy atom. The molecule has 0 spiro atoms. The highest BCUT2D eigenvalue weighted by Crippen LogP contribution is 2.34. The molecule has 1 fully saturated rings. The molecule has 3 aromatic rings. The van der Waals surface area contributed by atoms with Gasteiger partial charge in [-0.05, 0) is 103 Å². The summed E-state index contributed by atoms with van der Waals surface area (Å²) in [5.74, 6) is 0.673. The summed E-state index contributed by atoms with van der Waals surface area (Å²) in [4.78, 5) is 13.3. The van der Waals surface area contributed by atoms with E-state index in [2.05, 4.69) is 82.0 Å². The molecule has 1 aliphatic heterocycles. The summed E-state index contributed by atoms with van der Waals surface area (Å²) in [6.07, 6.45) is 1.97. The molecule has 0 aliphatic carbocycles. The van der Waals surface area contributed by atoms with Crippen LogP contribution in [0.2, 0.25) is 0 Å². The largest absolute Gasteiger partial charge is 0.495 e. The van der Waals surface area contributed by atoms with E-state index in [-0.39, 0.29) is 11.4 Å². The van der Waals surface area contributed by atoms with Gasteiger partial charge in [-0.15, -0.1) is 0 Å². The van der Waals surface area contributed by atoms with Crippen molar-refractivity contribution in [2.24, 2.45) is 0 Å². The highest BCUT2D eigenvalue weighted by molar-refractivity contribution is 14.1. The second-order valence-corrected chi connectivity index (χ2v) is 9.86. The molecule has 0 saturated carbocycles. The number of methoxy groups -OCH3 is 1. The first-order chi connectivity index (χ1) is 14.9. The number of nitrogens with zero attached hydrogens (tertiary/aromatic N) is 1. The summed E-state index contributed by atoms with van der Waals surface area (Å²) in [5, 5.41) is 6.37. The lowest BCUT2D eigenvalue weighted by Gasteiger charge is -2.16. The van der Waals surface area contributed by atoms with Gasteiger partial charge in [0.05, 0.1) is 17.7 Å². The van der Waals surface area contributed by atoms with Crippen LogP contribution in [0.25, 0.3) is 11.8 Å². The fraction of sp³-hybridized carbons (Fsp3) is 0.208. The van der Waals surface area contributed by atoms with Crippen LogP contribution in [0.3, 0.4) is 0 Å². The Bertz CT molecular complexity index is 1170. The highest BCUT2D eigenvalue weighted by Gasteiger charge is 2.28. The second-order valence-electron chi connectivity index (χ2n) is 7.47. The average molecular weight is 545 g/mol. The van der Waals surface area contributed by atoms with Crippen molar-refractivity contribution in [2.45, 2.75) is 26.3 Å². The fourth-order valence-electron chi connectivity index (χ4n) is 3.70. The lowest BCUT2D eigenvalue weighted by atomic mass is 10.2. The molecular weight excluding hydrogens is 521 g/mol. The zero-order valence-electron chi connectivity index (χ0n) is 17.8. The number of hydrogen-bond acceptors (Lipinski definition) is 4. The van der Waals surface area contributed by atoms with Gasteiger partial charge in [0.2, 0.25) is 0 Å². The summed E-state index contributed by atoms with van der Waals surface area (Å²) < 4.78 is 8.86. The molecule has 1 saturated heterocycles. The Kier molecular flexibility index (Phi) is 6.34. The van der Waals surface area contributed by atoms with Crippen molar-refractivity contribution in [3.8, 4) is 11.4 Å². The van der Waals surface area contributed by atoms with Gasteiger partial charge >= 0.3 is 0 Å². The van der Waals surface area contributed by atoms with E-state index in [0.29, 0.717) is 4.91 Å². The maximum atomic E-state index is 12.6. The summed E-state index contributed by atoms with van der Waals surface area (Å²) in [6, 6.07) is 16.5. The molecule has 31 heavy (non-hydrogen) atoms. The normalized spacial score (nSPS) is 17.1. The predicted octanol–water partition coefficient (Wildman–Crippen LogP) is 5.62. The lowest BCUT2D eigenvalue weighted by Crippen LogP contribution is -2.31. The van der Waals surface area contributed by atoms with Gasteiger partial charge in [-0.2, -0.15) is 0 Å². The standard InChI is InChI=1S/C24H24IN3O2S/c1-14-5-10-21(30-4)20(11-14)26-24-27-23(29)22(31-24)13-17-12-15(2)28(16(17)3)19-8-6-18(25)7-9-19/h5-13,24,26H,1-4H3,(H,27,29)/b22-13-. The minimum absolute atomic E-state index is 0.0758. The number of nitrogens with one attached hydrogen (secondary N) is 2. The molecule has 1 aromatic heterocycles. The topological polar surface area (TPSA) is 55.3 Å². The Labute approximate surface area is 200 Å². The number of halogens is 1. The Morgan fingerprint density at radius 3 is 2.58 bits per heavy atom. The van der Waals surface area contributed by atoms with Gasteiger partial charge in [-0.25, -0.2) is 0 Å². The lowest BCUT2D eigenvalue weighted by molar-refractivity contribution is -0.116. The number of aryl methyl sites for hydroxylation is 2. The Balaban J connectivity index is 1.58. The van der Waals surface area contributed by atoms with Gasteiger partial charge in [0.1, 0.15) is 5.75 Å². The molecule has 1 atom stereocenters. The van der Waals surface area contributed by atoms with Gasteiger partial charge in [0.25, 0.3) is 5.91 Å². The number of carbonyl (C=O) groups excluding carboxylic acids is 1. The minimum Gasteiger partial charge on any atom is -0.495 e. The third kappa shape index (κ3) is 4.62. The molecule has 0 bridgehead atoms. The molecule has 2 heterocycles. The number of ether oxygens (including phenoxy) is 1. The third-order valence-corrected chi connectivity index (χ3v) is 6.96. The number of amides is 1.